The molecule has 3 heteroatoms. The maximum absolute atomic E-state index is 14.9. The Morgan fingerprint density at radius 1 is 1.07 bits per heavy atom. The monoisotopic (exact) mass is 386 g/mol. The minimum Gasteiger partial charge on any atom is -0.379 e. The maximum atomic E-state index is 14.9. The summed E-state index contributed by atoms with van der Waals surface area (Å²) in [5.41, 5.74) is 4.70. The van der Waals surface area contributed by atoms with E-state index in [1.165, 1.54) is 21.9 Å². The molecule has 0 aliphatic heterocycles. The molecular weight excluding hydrogens is 359 g/mol. The van der Waals surface area contributed by atoms with Gasteiger partial charge in [-0.15, -0.1) is 0 Å². The molecular formula is C26H27FN2. The number of hydrogen-bond acceptors (Lipinski definition) is 2. The number of fused-ring (bicyclic) bond motifs is 5. The van der Waals surface area contributed by atoms with Gasteiger partial charge in [0.1, 0.15) is 6.17 Å². The van der Waals surface area contributed by atoms with Crippen molar-refractivity contribution in [2.75, 3.05) is 5.32 Å². The van der Waals surface area contributed by atoms with Gasteiger partial charge in [0.25, 0.3) is 0 Å². The maximum Gasteiger partial charge on any atom is 0.109 e. The highest BCUT2D eigenvalue weighted by molar-refractivity contribution is 5.94. The second-order valence-corrected chi connectivity index (χ2v) is 8.78. The Morgan fingerprint density at radius 2 is 1.97 bits per heavy atom. The second kappa shape index (κ2) is 7.29. The molecule has 1 saturated carbocycles. The average molecular weight is 387 g/mol. The summed E-state index contributed by atoms with van der Waals surface area (Å²) >= 11 is 0. The zero-order chi connectivity index (χ0) is 20.0. The molecule has 0 bridgehead atoms. The van der Waals surface area contributed by atoms with Crippen LogP contribution in [0.3, 0.4) is 0 Å². The van der Waals surface area contributed by atoms with Crippen molar-refractivity contribution in [2.45, 2.75) is 38.9 Å². The summed E-state index contributed by atoms with van der Waals surface area (Å²) in [5.74, 6) is 0.943. The quantitative estimate of drug-likeness (QED) is 0.549. The minimum absolute atomic E-state index is 0.0120. The molecule has 5 unspecified atom stereocenters. The standard InChI is InChI=1S/C26H27FN2/c1-16-13-17(2)26(27)24-11-10-22-21-9-7-19(29-15-20-5-3-4-12-28-20)14-18(21)6-8-23(22)25(16)24/h3-12,14,16-17,24-26,29H,13,15H2,1-2H3. The predicted molar refractivity (Wildman–Crippen MR) is 119 cm³/mol. The molecule has 148 valence electrons. The van der Waals surface area contributed by atoms with Crippen molar-refractivity contribution in [1.82, 2.24) is 4.98 Å². The summed E-state index contributed by atoms with van der Waals surface area (Å²) in [6, 6.07) is 16.9. The highest BCUT2D eigenvalue weighted by Gasteiger charge is 2.43. The summed E-state index contributed by atoms with van der Waals surface area (Å²) < 4.78 is 14.9. The van der Waals surface area contributed by atoms with Gasteiger partial charge in [-0.25, -0.2) is 4.39 Å². The van der Waals surface area contributed by atoms with Crippen LogP contribution in [-0.4, -0.2) is 11.2 Å². The van der Waals surface area contributed by atoms with Crippen LogP contribution in [0, 0.1) is 17.8 Å². The number of aromatic nitrogens is 1. The number of benzene rings is 2. The fourth-order valence-corrected chi connectivity index (χ4v) is 5.42. The summed E-state index contributed by atoms with van der Waals surface area (Å²) in [5, 5.41) is 5.93. The third kappa shape index (κ3) is 3.23. The predicted octanol–water partition coefficient (Wildman–Crippen LogP) is 6.59. The lowest BCUT2D eigenvalue weighted by molar-refractivity contribution is 0.0824. The van der Waals surface area contributed by atoms with Crippen LogP contribution in [0.15, 0.2) is 60.8 Å². The molecule has 3 aromatic rings. The first-order valence-corrected chi connectivity index (χ1v) is 10.6. The van der Waals surface area contributed by atoms with E-state index in [2.05, 4.69) is 66.6 Å². The largest absolute Gasteiger partial charge is 0.379 e. The molecule has 1 aromatic heterocycles. The summed E-state index contributed by atoms with van der Waals surface area (Å²) in [7, 11) is 0. The normalized spacial score (nSPS) is 28.0. The lowest BCUT2D eigenvalue weighted by atomic mass is 9.62. The molecule has 5 atom stereocenters. The molecule has 2 nitrogen and oxygen atoms in total. The van der Waals surface area contributed by atoms with E-state index in [1.807, 2.05) is 24.4 Å². The van der Waals surface area contributed by atoms with E-state index in [0.29, 0.717) is 12.5 Å². The van der Waals surface area contributed by atoms with Crippen molar-refractivity contribution in [1.29, 1.82) is 0 Å². The SMILES string of the molecule is CC1CC(C)C2c3ccc4cc(NCc5ccccn5)ccc4c3C=CC2C1F. The molecule has 0 radical (unpaired) electrons. The smallest absolute Gasteiger partial charge is 0.109 e. The van der Waals surface area contributed by atoms with Crippen LogP contribution in [0.2, 0.25) is 0 Å². The summed E-state index contributed by atoms with van der Waals surface area (Å²) in [4.78, 5) is 4.37. The molecule has 2 aromatic carbocycles. The van der Waals surface area contributed by atoms with Gasteiger partial charge in [-0.05, 0) is 70.3 Å². The number of pyridine rings is 1. The average Bonchev–Trinajstić information content (AvgIpc) is 2.75. The Hall–Kier alpha value is -2.68. The Labute approximate surface area is 171 Å². The summed E-state index contributed by atoms with van der Waals surface area (Å²) in [6.07, 6.45) is 6.34. The van der Waals surface area contributed by atoms with Crippen molar-refractivity contribution in [3.63, 3.8) is 0 Å². The fraction of sp³-hybridized carbons (Fsp3) is 0.346. The van der Waals surface area contributed by atoms with Gasteiger partial charge in [-0.3, -0.25) is 4.98 Å². The molecule has 0 spiro atoms. The summed E-state index contributed by atoms with van der Waals surface area (Å²) in [6.45, 7) is 5.05. The van der Waals surface area contributed by atoms with Crippen LogP contribution in [0.4, 0.5) is 10.1 Å². The molecule has 0 amide bonds. The zero-order valence-corrected chi connectivity index (χ0v) is 17.0. The first-order chi connectivity index (χ1) is 14.1. The Morgan fingerprint density at radius 3 is 2.79 bits per heavy atom. The number of rotatable bonds is 3. The van der Waals surface area contributed by atoms with Crippen molar-refractivity contribution in [2.24, 2.45) is 17.8 Å². The van der Waals surface area contributed by atoms with E-state index in [1.54, 1.807) is 0 Å². The van der Waals surface area contributed by atoms with E-state index in [4.69, 9.17) is 0 Å². The van der Waals surface area contributed by atoms with Gasteiger partial charge < -0.3 is 5.32 Å². The molecule has 1 fully saturated rings. The van der Waals surface area contributed by atoms with Crippen LogP contribution in [0.25, 0.3) is 16.8 Å². The second-order valence-electron chi connectivity index (χ2n) is 8.78. The van der Waals surface area contributed by atoms with Crippen LogP contribution < -0.4 is 5.32 Å². The number of anilines is 1. The molecule has 29 heavy (non-hydrogen) atoms. The van der Waals surface area contributed by atoms with E-state index in [-0.39, 0.29) is 17.8 Å². The fourth-order valence-electron chi connectivity index (χ4n) is 5.42. The molecule has 2 aliphatic rings. The van der Waals surface area contributed by atoms with Gasteiger partial charge in [-0.2, -0.15) is 0 Å². The number of alkyl halides is 1. The topological polar surface area (TPSA) is 24.9 Å². The van der Waals surface area contributed by atoms with Crippen LogP contribution in [-0.2, 0) is 6.54 Å². The third-order valence-corrected chi connectivity index (χ3v) is 6.82. The molecule has 1 N–H and O–H groups in total. The number of hydrogen-bond donors (Lipinski definition) is 1. The van der Waals surface area contributed by atoms with Crippen LogP contribution in [0.5, 0.6) is 0 Å². The van der Waals surface area contributed by atoms with E-state index >= 15 is 0 Å². The first kappa shape index (κ1) is 18.4. The number of allylic oxidation sites excluding steroid dienone is 1. The first-order valence-electron chi connectivity index (χ1n) is 10.6. The number of halogens is 1. The number of nitrogens with one attached hydrogen (secondary N) is 1. The Kier molecular flexibility index (Phi) is 4.61. The van der Waals surface area contributed by atoms with Crippen LogP contribution >= 0.6 is 0 Å². The third-order valence-electron chi connectivity index (χ3n) is 6.82. The Bertz CT molecular complexity index is 1060. The van der Waals surface area contributed by atoms with Gasteiger partial charge in [0.15, 0.2) is 0 Å². The van der Waals surface area contributed by atoms with E-state index in [0.717, 1.165) is 17.8 Å². The van der Waals surface area contributed by atoms with E-state index < -0.39 is 6.17 Å². The lowest BCUT2D eigenvalue weighted by Crippen LogP contribution is -2.38. The highest BCUT2D eigenvalue weighted by Crippen LogP contribution is 2.50. The molecule has 1 heterocycles. The van der Waals surface area contributed by atoms with Crippen molar-refractivity contribution in [3.05, 3.63) is 77.6 Å². The van der Waals surface area contributed by atoms with Gasteiger partial charge in [-0.1, -0.05) is 50.3 Å². The van der Waals surface area contributed by atoms with Crippen molar-refractivity contribution in [3.8, 4) is 0 Å². The Balaban J connectivity index is 1.47. The molecule has 2 aliphatic carbocycles. The lowest BCUT2D eigenvalue weighted by Gasteiger charge is -2.43. The van der Waals surface area contributed by atoms with Gasteiger partial charge in [0.2, 0.25) is 0 Å². The van der Waals surface area contributed by atoms with Gasteiger partial charge >= 0.3 is 0 Å². The highest BCUT2D eigenvalue weighted by atomic mass is 19.1. The van der Waals surface area contributed by atoms with Crippen molar-refractivity contribution < 1.29 is 4.39 Å². The molecule has 5 rings (SSSR count). The number of nitrogens with zero attached hydrogens (tertiary/aromatic N) is 1. The van der Waals surface area contributed by atoms with Crippen molar-refractivity contribution >= 4 is 22.5 Å². The van der Waals surface area contributed by atoms with Gasteiger partial charge in [0, 0.05) is 17.8 Å². The molecule has 0 saturated heterocycles. The zero-order valence-electron chi connectivity index (χ0n) is 17.0. The van der Waals surface area contributed by atoms with Gasteiger partial charge in [0.05, 0.1) is 12.2 Å². The van der Waals surface area contributed by atoms with E-state index in [9.17, 15) is 4.39 Å². The minimum atomic E-state index is -0.741. The van der Waals surface area contributed by atoms with Crippen LogP contribution in [0.1, 0.15) is 43.0 Å².